The van der Waals surface area contributed by atoms with Crippen molar-refractivity contribution in [3.8, 4) is 0 Å². The monoisotopic (exact) mass is 309 g/mol. The van der Waals surface area contributed by atoms with Crippen LogP contribution in [0.25, 0.3) is 0 Å². The van der Waals surface area contributed by atoms with Gasteiger partial charge in [-0.25, -0.2) is 0 Å². The molecule has 1 N–H and O–H groups in total. The highest BCUT2D eigenvalue weighted by molar-refractivity contribution is 9.10. The first-order valence-corrected chi connectivity index (χ1v) is 7.28. The molecule has 0 spiro atoms. The molecule has 0 bridgehead atoms. The Morgan fingerprint density at radius 2 is 2.28 bits per heavy atom. The van der Waals surface area contributed by atoms with Crippen LogP contribution in [-0.2, 0) is 17.9 Å². The van der Waals surface area contributed by atoms with Gasteiger partial charge in [0.2, 0.25) is 0 Å². The second kappa shape index (κ2) is 7.07. The minimum absolute atomic E-state index is 0.657. The lowest BCUT2D eigenvalue weighted by atomic mass is 10.1. The molecule has 1 saturated carbocycles. The maximum Gasteiger partial charge on any atom is 0.0727 e. The van der Waals surface area contributed by atoms with E-state index < -0.39 is 0 Å². The number of nitrogens with one attached hydrogen (secondary N) is 1. The van der Waals surface area contributed by atoms with Crippen molar-refractivity contribution in [3.63, 3.8) is 0 Å². The molecule has 98 valence electrons. The number of rotatable bonds is 8. The molecule has 1 aliphatic rings. The van der Waals surface area contributed by atoms with E-state index in [-0.39, 0.29) is 0 Å². The molecule has 3 heteroatoms. The van der Waals surface area contributed by atoms with Crippen molar-refractivity contribution in [3.05, 3.63) is 46.5 Å². The van der Waals surface area contributed by atoms with E-state index >= 15 is 0 Å². The van der Waals surface area contributed by atoms with Crippen LogP contribution in [0.2, 0.25) is 0 Å². The third-order valence-corrected chi connectivity index (χ3v) is 3.75. The Balaban J connectivity index is 1.81. The first-order chi connectivity index (χ1) is 8.79. The molecular formula is C15H20BrNO. The van der Waals surface area contributed by atoms with E-state index in [2.05, 4.69) is 46.0 Å². The Labute approximate surface area is 118 Å². The van der Waals surface area contributed by atoms with Gasteiger partial charge in [0.1, 0.15) is 0 Å². The Morgan fingerprint density at radius 1 is 1.44 bits per heavy atom. The highest BCUT2D eigenvalue weighted by Crippen LogP contribution is 2.22. The molecule has 1 aromatic rings. The standard InChI is InChI=1S/C15H20BrNO/c1-2-3-8-18-11-13-5-4-12(9-15(13)16)10-17-14-6-7-14/h2,4-5,9,14,17H,1,3,6-8,10-11H2. The largest absolute Gasteiger partial charge is 0.376 e. The Kier molecular flexibility index (Phi) is 5.42. The van der Waals surface area contributed by atoms with Gasteiger partial charge >= 0.3 is 0 Å². The van der Waals surface area contributed by atoms with Crippen LogP contribution < -0.4 is 5.32 Å². The molecular weight excluding hydrogens is 290 g/mol. The summed E-state index contributed by atoms with van der Waals surface area (Å²) in [6.07, 6.45) is 5.44. The molecule has 0 unspecified atom stereocenters. The summed E-state index contributed by atoms with van der Waals surface area (Å²) in [4.78, 5) is 0. The topological polar surface area (TPSA) is 21.3 Å². The summed E-state index contributed by atoms with van der Waals surface area (Å²) in [5.74, 6) is 0. The zero-order valence-corrected chi connectivity index (χ0v) is 12.2. The Hall–Kier alpha value is -0.640. The average molecular weight is 310 g/mol. The van der Waals surface area contributed by atoms with Crippen LogP contribution >= 0.6 is 15.9 Å². The van der Waals surface area contributed by atoms with Crippen molar-refractivity contribution in [2.75, 3.05) is 6.61 Å². The summed E-state index contributed by atoms with van der Waals surface area (Å²) < 4.78 is 6.71. The zero-order valence-electron chi connectivity index (χ0n) is 10.6. The van der Waals surface area contributed by atoms with E-state index in [4.69, 9.17) is 4.74 Å². The Morgan fingerprint density at radius 3 is 2.94 bits per heavy atom. The molecule has 18 heavy (non-hydrogen) atoms. The molecule has 1 aliphatic carbocycles. The van der Waals surface area contributed by atoms with Gasteiger partial charge in [-0.2, -0.15) is 0 Å². The van der Waals surface area contributed by atoms with Crippen LogP contribution in [0, 0.1) is 0 Å². The molecule has 0 aromatic heterocycles. The predicted octanol–water partition coefficient (Wildman–Crippen LogP) is 3.79. The average Bonchev–Trinajstić information content (AvgIpc) is 3.18. The summed E-state index contributed by atoms with van der Waals surface area (Å²) in [6.45, 7) is 6.03. The second-order valence-electron chi connectivity index (χ2n) is 4.71. The van der Waals surface area contributed by atoms with Gasteiger partial charge in [0.15, 0.2) is 0 Å². The van der Waals surface area contributed by atoms with Crippen molar-refractivity contribution in [2.24, 2.45) is 0 Å². The van der Waals surface area contributed by atoms with Crippen LogP contribution in [0.3, 0.4) is 0 Å². The summed E-state index contributed by atoms with van der Waals surface area (Å²) >= 11 is 3.61. The van der Waals surface area contributed by atoms with Crippen LogP contribution in [0.15, 0.2) is 35.3 Å². The predicted molar refractivity (Wildman–Crippen MR) is 78.5 cm³/mol. The molecule has 0 aliphatic heterocycles. The highest BCUT2D eigenvalue weighted by atomic mass is 79.9. The van der Waals surface area contributed by atoms with Gasteiger partial charge in [0.25, 0.3) is 0 Å². The molecule has 2 nitrogen and oxygen atoms in total. The molecule has 0 saturated heterocycles. The van der Waals surface area contributed by atoms with E-state index in [1.165, 1.54) is 24.0 Å². The molecule has 2 rings (SSSR count). The van der Waals surface area contributed by atoms with Gasteiger partial charge in [-0.05, 0) is 36.5 Å². The highest BCUT2D eigenvalue weighted by Gasteiger charge is 2.19. The smallest absolute Gasteiger partial charge is 0.0727 e. The van der Waals surface area contributed by atoms with E-state index in [1.807, 2.05) is 6.08 Å². The van der Waals surface area contributed by atoms with E-state index in [1.54, 1.807) is 0 Å². The van der Waals surface area contributed by atoms with Gasteiger partial charge in [-0.3, -0.25) is 0 Å². The lowest BCUT2D eigenvalue weighted by Gasteiger charge is -2.08. The Bertz CT molecular complexity index is 401. The lowest BCUT2D eigenvalue weighted by Crippen LogP contribution is -2.15. The summed E-state index contributed by atoms with van der Waals surface area (Å²) in [5, 5.41) is 3.52. The quantitative estimate of drug-likeness (QED) is 0.582. The molecule has 1 aromatic carbocycles. The van der Waals surface area contributed by atoms with Crippen molar-refractivity contribution >= 4 is 15.9 Å². The molecule has 1 fully saturated rings. The SMILES string of the molecule is C=CCCOCc1ccc(CNC2CC2)cc1Br. The number of hydrogen-bond acceptors (Lipinski definition) is 2. The third-order valence-electron chi connectivity index (χ3n) is 3.01. The first-order valence-electron chi connectivity index (χ1n) is 6.49. The van der Waals surface area contributed by atoms with Crippen LogP contribution in [-0.4, -0.2) is 12.6 Å². The fraction of sp³-hybridized carbons (Fsp3) is 0.467. The van der Waals surface area contributed by atoms with Gasteiger partial charge in [0.05, 0.1) is 13.2 Å². The van der Waals surface area contributed by atoms with Crippen LogP contribution in [0.1, 0.15) is 30.4 Å². The zero-order chi connectivity index (χ0) is 12.8. The molecule has 0 amide bonds. The second-order valence-corrected chi connectivity index (χ2v) is 5.57. The summed E-state index contributed by atoms with van der Waals surface area (Å²) in [6, 6.07) is 7.25. The number of hydrogen-bond donors (Lipinski definition) is 1. The van der Waals surface area contributed by atoms with E-state index in [9.17, 15) is 0 Å². The number of halogens is 1. The van der Waals surface area contributed by atoms with Crippen LogP contribution in [0.5, 0.6) is 0 Å². The molecule has 0 radical (unpaired) electrons. The summed E-state index contributed by atoms with van der Waals surface area (Å²) in [7, 11) is 0. The summed E-state index contributed by atoms with van der Waals surface area (Å²) in [5.41, 5.74) is 2.53. The molecule has 0 atom stereocenters. The number of ether oxygens (including phenoxy) is 1. The lowest BCUT2D eigenvalue weighted by molar-refractivity contribution is 0.125. The van der Waals surface area contributed by atoms with Crippen molar-refractivity contribution in [1.29, 1.82) is 0 Å². The fourth-order valence-electron chi connectivity index (χ4n) is 1.72. The number of benzene rings is 1. The first kappa shape index (κ1) is 13.8. The van der Waals surface area contributed by atoms with Gasteiger partial charge in [-0.15, -0.1) is 6.58 Å². The van der Waals surface area contributed by atoms with E-state index in [0.717, 1.165) is 30.1 Å². The van der Waals surface area contributed by atoms with E-state index in [0.29, 0.717) is 6.61 Å². The van der Waals surface area contributed by atoms with Crippen molar-refractivity contribution in [1.82, 2.24) is 5.32 Å². The van der Waals surface area contributed by atoms with Gasteiger partial charge in [-0.1, -0.05) is 34.1 Å². The third kappa shape index (κ3) is 4.56. The van der Waals surface area contributed by atoms with Crippen molar-refractivity contribution < 1.29 is 4.74 Å². The van der Waals surface area contributed by atoms with Gasteiger partial charge in [0, 0.05) is 17.1 Å². The minimum Gasteiger partial charge on any atom is -0.376 e. The van der Waals surface area contributed by atoms with Crippen LogP contribution in [0.4, 0.5) is 0 Å². The maximum absolute atomic E-state index is 5.57. The normalized spacial score (nSPS) is 14.7. The van der Waals surface area contributed by atoms with Crippen molar-refractivity contribution in [2.45, 2.75) is 38.5 Å². The fourth-order valence-corrected chi connectivity index (χ4v) is 2.26. The molecule has 0 heterocycles. The minimum atomic E-state index is 0.657. The maximum atomic E-state index is 5.57. The van der Waals surface area contributed by atoms with Gasteiger partial charge < -0.3 is 10.1 Å².